The van der Waals surface area contributed by atoms with Crippen LogP contribution in [0.5, 0.6) is 0 Å². The predicted molar refractivity (Wildman–Crippen MR) is 91.2 cm³/mol. The molecule has 0 saturated carbocycles. The van der Waals surface area contributed by atoms with Gasteiger partial charge in [-0.3, -0.25) is 14.4 Å². The third kappa shape index (κ3) is 2.32. The zero-order valence-electron chi connectivity index (χ0n) is 12.6. The van der Waals surface area contributed by atoms with Crippen LogP contribution in [0.4, 0.5) is 5.82 Å². The molecular weight excluding hydrogens is 286 g/mol. The van der Waals surface area contributed by atoms with Gasteiger partial charge >= 0.3 is 0 Å². The number of imidazole rings is 1. The van der Waals surface area contributed by atoms with Crippen LogP contribution in [0.25, 0.3) is 28.2 Å². The number of benzene rings is 1. The molecule has 3 aromatic heterocycles. The van der Waals surface area contributed by atoms with E-state index in [1.54, 1.807) is 18.6 Å². The van der Waals surface area contributed by atoms with Crippen LogP contribution in [0, 0.1) is 0 Å². The lowest BCUT2D eigenvalue weighted by atomic mass is 10.1. The first-order chi connectivity index (χ1) is 11.4. The first-order valence-electron chi connectivity index (χ1n) is 7.38. The summed E-state index contributed by atoms with van der Waals surface area (Å²) in [5.41, 5.74) is 4.75. The van der Waals surface area contributed by atoms with E-state index in [2.05, 4.69) is 27.4 Å². The minimum atomic E-state index is 0.851. The molecule has 0 radical (unpaired) electrons. The number of hydrogen-bond acceptors (Lipinski definition) is 4. The Morgan fingerprint density at radius 1 is 1.00 bits per heavy atom. The molecule has 1 aromatic carbocycles. The highest BCUT2D eigenvalue weighted by molar-refractivity contribution is 5.79. The lowest BCUT2D eigenvalue weighted by molar-refractivity contribution is 1.18. The third-order valence-electron chi connectivity index (χ3n) is 3.76. The molecule has 4 aromatic rings. The number of hydrogen-bond donors (Lipinski definition) is 1. The summed E-state index contributed by atoms with van der Waals surface area (Å²) in [5.74, 6) is 0.969. The zero-order valence-corrected chi connectivity index (χ0v) is 12.6. The number of rotatable bonds is 3. The average Bonchev–Trinajstić information content (AvgIpc) is 3.01. The molecule has 112 valence electrons. The maximum atomic E-state index is 4.75. The van der Waals surface area contributed by atoms with Gasteiger partial charge in [-0.2, -0.15) is 0 Å². The topological polar surface area (TPSA) is 55.1 Å². The molecule has 3 heterocycles. The molecular formula is C18H15N5. The van der Waals surface area contributed by atoms with Gasteiger partial charge in [0.2, 0.25) is 0 Å². The smallest absolute Gasteiger partial charge is 0.139 e. The van der Waals surface area contributed by atoms with Crippen molar-refractivity contribution in [3.63, 3.8) is 0 Å². The van der Waals surface area contributed by atoms with E-state index >= 15 is 0 Å². The number of nitrogens with one attached hydrogen (secondary N) is 1. The first-order valence-corrected chi connectivity index (χ1v) is 7.38. The van der Waals surface area contributed by atoms with Gasteiger partial charge in [0.05, 0.1) is 11.9 Å². The van der Waals surface area contributed by atoms with Crippen molar-refractivity contribution in [2.45, 2.75) is 0 Å². The van der Waals surface area contributed by atoms with E-state index in [4.69, 9.17) is 4.98 Å². The van der Waals surface area contributed by atoms with Crippen molar-refractivity contribution in [1.29, 1.82) is 0 Å². The van der Waals surface area contributed by atoms with Crippen molar-refractivity contribution in [1.82, 2.24) is 19.4 Å². The summed E-state index contributed by atoms with van der Waals surface area (Å²) in [7, 11) is 1.91. The molecule has 23 heavy (non-hydrogen) atoms. The lowest BCUT2D eigenvalue weighted by Crippen LogP contribution is -1.95. The summed E-state index contributed by atoms with van der Waals surface area (Å²) in [6.07, 6.45) is 7.15. The van der Waals surface area contributed by atoms with E-state index < -0.39 is 0 Å². The number of fused-ring (bicyclic) bond motifs is 1. The molecule has 5 heteroatoms. The van der Waals surface area contributed by atoms with Crippen LogP contribution < -0.4 is 5.32 Å². The third-order valence-corrected chi connectivity index (χ3v) is 3.76. The Bertz CT molecular complexity index is 959. The second-order valence-corrected chi connectivity index (χ2v) is 5.16. The van der Waals surface area contributed by atoms with Gasteiger partial charge in [-0.1, -0.05) is 24.3 Å². The molecule has 0 spiro atoms. The van der Waals surface area contributed by atoms with Crippen molar-refractivity contribution in [3.8, 4) is 22.5 Å². The second kappa shape index (κ2) is 5.53. The maximum absolute atomic E-state index is 4.75. The fourth-order valence-electron chi connectivity index (χ4n) is 2.71. The van der Waals surface area contributed by atoms with Crippen molar-refractivity contribution in [3.05, 3.63) is 67.3 Å². The minimum absolute atomic E-state index is 0.851. The molecule has 0 bridgehead atoms. The molecule has 1 N–H and O–H groups in total. The minimum Gasteiger partial charge on any atom is -0.372 e. The summed E-state index contributed by atoms with van der Waals surface area (Å²) in [4.78, 5) is 13.3. The van der Waals surface area contributed by atoms with Crippen molar-refractivity contribution < 1.29 is 0 Å². The predicted octanol–water partition coefficient (Wildman–Crippen LogP) is 3.50. The van der Waals surface area contributed by atoms with Gasteiger partial charge in [0.1, 0.15) is 17.2 Å². The molecule has 0 saturated heterocycles. The van der Waals surface area contributed by atoms with E-state index in [0.29, 0.717) is 0 Å². The summed E-state index contributed by atoms with van der Waals surface area (Å²) >= 11 is 0. The van der Waals surface area contributed by atoms with E-state index in [-0.39, 0.29) is 0 Å². The van der Waals surface area contributed by atoms with Crippen LogP contribution in [-0.2, 0) is 0 Å². The molecule has 0 unspecified atom stereocenters. The number of anilines is 1. The van der Waals surface area contributed by atoms with Crippen LogP contribution in [0.3, 0.4) is 0 Å². The molecule has 0 aliphatic heterocycles. The summed E-state index contributed by atoms with van der Waals surface area (Å²) in [6, 6.07) is 14.2. The average molecular weight is 301 g/mol. The van der Waals surface area contributed by atoms with Gasteiger partial charge in [0.15, 0.2) is 0 Å². The molecule has 4 rings (SSSR count). The van der Waals surface area contributed by atoms with E-state index in [1.807, 2.05) is 48.0 Å². The Balaban J connectivity index is 1.88. The molecule has 0 aliphatic rings. The lowest BCUT2D eigenvalue weighted by Gasteiger charge is -2.06. The molecule has 5 nitrogen and oxygen atoms in total. The fraction of sp³-hybridized carbons (Fsp3) is 0.0556. The number of nitrogens with zero attached hydrogens (tertiary/aromatic N) is 4. The number of pyridine rings is 1. The van der Waals surface area contributed by atoms with Gasteiger partial charge in [-0.05, 0) is 18.2 Å². The van der Waals surface area contributed by atoms with Crippen LogP contribution in [0.2, 0.25) is 0 Å². The van der Waals surface area contributed by atoms with E-state index in [0.717, 1.165) is 34.0 Å². The standard InChI is InChI=1S/C18H15N5/c1-19-18-17(22-16-7-2-3-10-23(16)18)14-6-4-5-13(11-14)15-12-20-8-9-21-15/h2-12,19H,1H3. The molecule has 0 aliphatic carbocycles. The highest BCUT2D eigenvalue weighted by Crippen LogP contribution is 2.30. The summed E-state index contributed by atoms with van der Waals surface area (Å²) in [5, 5.41) is 3.25. The largest absolute Gasteiger partial charge is 0.372 e. The Labute approximate surface area is 133 Å². The van der Waals surface area contributed by atoms with Gasteiger partial charge in [0.25, 0.3) is 0 Å². The highest BCUT2D eigenvalue weighted by Gasteiger charge is 2.13. The van der Waals surface area contributed by atoms with Crippen LogP contribution in [-0.4, -0.2) is 26.4 Å². The van der Waals surface area contributed by atoms with Crippen LogP contribution in [0.15, 0.2) is 67.3 Å². The first kappa shape index (κ1) is 13.5. The molecule has 0 amide bonds. The molecule has 0 fully saturated rings. The summed E-state index contributed by atoms with van der Waals surface area (Å²) < 4.78 is 2.05. The van der Waals surface area contributed by atoms with Crippen molar-refractivity contribution >= 4 is 11.5 Å². The SMILES string of the molecule is CNc1c(-c2cccc(-c3cnccn3)c2)nc2ccccn12. The van der Waals surface area contributed by atoms with Crippen molar-refractivity contribution in [2.75, 3.05) is 12.4 Å². The van der Waals surface area contributed by atoms with Gasteiger partial charge in [0, 0.05) is 36.8 Å². The van der Waals surface area contributed by atoms with E-state index in [9.17, 15) is 0 Å². The van der Waals surface area contributed by atoms with Gasteiger partial charge < -0.3 is 5.32 Å². The summed E-state index contributed by atoms with van der Waals surface area (Å²) in [6.45, 7) is 0. The second-order valence-electron chi connectivity index (χ2n) is 5.16. The Hall–Kier alpha value is -3.21. The van der Waals surface area contributed by atoms with Crippen LogP contribution in [0.1, 0.15) is 0 Å². The van der Waals surface area contributed by atoms with Gasteiger partial charge in [-0.15, -0.1) is 0 Å². The normalized spacial score (nSPS) is 10.8. The quantitative estimate of drug-likeness (QED) is 0.629. The Morgan fingerprint density at radius 3 is 2.74 bits per heavy atom. The van der Waals surface area contributed by atoms with Crippen molar-refractivity contribution in [2.24, 2.45) is 0 Å². The van der Waals surface area contributed by atoms with E-state index in [1.165, 1.54) is 0 Å². The fourth-order valence-corrected chi connectivity index (χ4v) is 2.71. The number of aromatic nitrogens is 4. The van der Waals surface area contributed by atoms with Gasteiger partial charge in [-0.25, -0.2) is 4.98 Å². The zero-order chi connectivity index (χ0) is 15.6. The Morgan fingerprint density at radius 2 is 1.91 bits per heavy atom. The monoisotopic (exact) mass is 301 g/mol. The highest BCUT2D eigenvalue weighted by atomic mass is 15.1. The molecule has 0 atom stereocenters. The maximum Gasteiger partial charge on any atom is 0.139 e. The van der Waals surface area contributed by atoms with Crippen LogP contribution >= 0.6 is 0 Å². The Kier molecular flexibility index (Phi) is 3.24.